The fraction of sp³-hybridized carbons (Fsp3) is 0.500. The van der Waals surface area contributed by atoms with Crippen LogP contribution in [0.15, 0.2) is 11.4 Å². The van der Waals surface area contributed by atoms with Crippen LogP contribution in [0.1, 0.15) is 18.9 Å². The highest BCUT2D eigenvalue weighted by Crippen LogP contribution is 2.23. The highest BCUT2D eigenvalue weighted by atomic mass is 32.1. The average Bonchev–Trinajstić information content (AvgIpc) is 2.66. The zero-order valence-corrected chi connectivity index (χ0v) is 10.4. The van der Waals surface area contributed by atoms with Crippen molar-refractivity contribution >= 4 is 22.3 Å². The van der Waals surface area contributed by atoms with Crippen LogP contribution >= 0.6 is 11.3 Å². The number of thiophene rings is 1. The predicted molar refractivity (Wildman–Crippen MR) is 64.2 cm³/mol. The van der Waals surface area contributed by atoms with Gasteiger partial charge in [0.2, 0.25) is 0 Å². The Bertz CT molecular complexity index is 418. The van der Waals surface area contributed by atoms with Crippen molar-refractivity contribution in [1.29, 1.82) is 0 Å². The van der Waals surface area contributed by atoms with Crippen LogP contribution in [0.2, 0.25) is 0 Å². The van der Waals surface area contributed by atoms with Crippen LogP contribution in [0, 0.1) is 10.1 Å². The Morgan fingerprint density at radius 3 is 2.76 bits per heavy atom. The third kappa shape index (κ3) is 3.50. The molecule has 1 rings (SSSR count). The first kappa shape index (κ1) is 13.6. The first-order valence-electron chi connectivity index (χ1n) is 5.10. The molecule has 1 unspecified atom stereocenters. The van der Waals surface area contributed by atoms with Gasteiger partial charge < -0.3 is 5.11 Å². The topological polar surface area (TPSA) is 83.7 Å². The lowest BCUT2D eigenvalue weighted by Gasteiger charge is -2.22. The zero-order chi connectivity index (χ0) is 13.0. The Morgan fingerprint density at radius 1 is 1.71 bits per heavy atom. The summed E-state index contributed by atoms with van der Waals surface area (Å²) in [6.45, 7) is 2.19. The summed E-state index contributed by atoms with van der Waals surface area (Å²) in [6, 6.07) is 0.921. The summed E-state index contributed by atoms with van der Waals surface area (Å²) in [5, 5.41) is 21.2. The van der Waals surface area contributed by atoms with E-state index in [1.807, 2.05) is 0 Å². The van der Waals surface area contributed by atoms with Crippen molar-refractivity contribution in [3.8, 4) is 0 Å². The van der Waals surface area contributed by atoms with Gasteiger partial charge in [-0.1, -0.05) is 18.3 Å². The van der Waals surface area contributed by atoms with Crippen molar-refractivity contribution in [2.45, 2.75) is 25.9 Å². The molecule has 1 heterocycles. The number of likely N-dealkylation sites (N-methyl/N-ethyl adjacent to an activating group) is 1. The average molecular weight is 258 g/mol. The molecule has 0 spiro atoms. The maximum Gasteiger partial charge on any atom is 0.324 e. The fourth-order valence-electron chi connectivity index (χ4n) is 1.61. The Hall–Kier alpha value is -1.47. The van der Waals surface area contributed by atoms with E-state index in [9.17, 15) is 14.9 Å². The van der Waals surface area contributed by atoms with E-state index >= 15 is 0 Å². The van der Waals surface area contributed by atoms with Crippen molar-refractivity contribution in [2.24, 2.45) is 0 Å². The van der Waals surface area contributed by atoms with Crippen LogP contribution in [0.5, 0.6) is 0 Å². The van der Waals surface area contributed by atoms with Crippen LogP contribution in [0.25, 0.3) is 0 Å². The standard InChI is InChI=1S/C10H14N2O4S/c1-3-8(10(13)14)11(2)5-7-4-9(12(15)16)17-6-7/h4,6,8H,3,5H2,1-2H3,(H,13,14). The van der Waals surface area contributed by atoms with Crippen LogP contribution in [-0.2, 0) is 11.3 Å². The molecule has 0 saturated heterocycles. The molecule has 0 radical (unpaired) electrons. The van der Waals surface area contributed by atoms with E-state index < -0.39 is 16.9 Å². The third-order valence-corrected chi connectivity index (χ3v) is 3.38. The highest BCUT2D eigenvalue weighted by molar-refractivity contribution is 7.13. The molecule has 0 aliphatic rings. The van der Waals surface area contributed by atoms with Crippen LogP contribution in [0.3, 0.4) is 0 Å². The molecule has 0 amide bonds. The zero-order valence-electron chi connectivity index (χ0n) is 9.62. The lowest BCUT2D eigenvalue weighted by molar-refractivity contribution is -0.380. The lowest BCUT2D eigenvalue weighted by atomic mass is 10.2. The van der Waals surface area contributed by atoms with Crippen molar-refractivity contribution < 1.29 is 14.8 Å². The van der Waals surface area contributed by atoms with Gasteiger partial charge in [-0.15, -0.1) is 0 Å². The second-order valence-corrected chi connectivity index (χ2v) is 4.62. The molecule has 0 aromatic carbocycles. The monoisotopic (exact) mass is 258 g/mol. The van der Waals surface area contributed by atoms with Crippen LogP contribution in [0.4, 0.5) is 5.00 Å². The molecule has 0 fully saturated rings. The quantitative estimate of drug-likeness (QED) is 0.622. The van der Waals surface area contributed by atoms with Gasteiger partial charge in [-0.2, -0.15) is 0 Å². The van der Waals surface area contributed by atoms with Gasteiger partial charge in [0.15, 0.2) is 0 Å². The van der Waals surface area contributed by atoms with Gasteiger partial charge in [-0.3, -0.25) is 19.8 Å². The number of carboxylic acids is 1. The van der Waals surface area contributed by atoms with E-state index in [0.29, 0.717) is 13.0 Å². The molecule has 1 aromatic heterocycles. The summed E-state index contributed by atoms with van der Waals surface area (Å²) < 4.78 is 0. The van der Waals surface area contributed by atoms with E-state index in [-0.39, 0.29) is 5.00 Å². The Balaban J connectivity index is 2.69. The largest absolute Gasteiger partial charge is 0.480 e. The molecule has 0 aliphatic heterocycles. The number of aliphatic carboxylic acids is 1. The molecule has 1 atom stereocenters. The normalized spacial score (nSPS) is 12.6. The highest BCUT2D eigenvalue weighted by Gasteiger charge is 2.21. The van der Waals surface area contributed by atoms with E-state index in [4.69, 9.17) is 5.11 Å². The minimum absolute atomic E-state index is 0.0803. The predicted octanol–water partition coefficient (Wildman–Crippen LogP) is 1.95. The molecule has 0 aliphatic carbocycles. The molecule has 0 saturated carbocycles. The van der Waals surface area contributed by atoms with Crippen molar-refractivity contribution in [2.75, 3.05) is 7.05 Å². The van der Waals surface area contributed by atoms with Crippen molar-refractivity contribution in [1.82, 2.24) is 4.90 Å². The summed E-state index contributed by atoms with van der Waals surface area (Å²) in [4.78, 5) is 22.7. The molecule has 1 aromatic rings. The van der Waals surface area contributed by atoms with E-state index in [2.05, 4.69) is 0 Å². The van der Waals surface area contributed by atoms with Gasteiger partial charge in [0.1, 0.15) is 6.04 Å². The summed E-state index contributed by atoms with van der Waals surface area (Å²) in [5.74, 6) is -0.875. The van der Waals surface area contributed by atoms with E-state index in [1.165, 1.54) is 6.07 Å². The van der Waals surface area contributed by atoms with Gasteiger partial charge in [0.25, 0.3) is 0 Å². The van der Waals surface area contributed by atoms with Crippen molar-refractivity contribution in [3.05, 3.63) is 27.1 Å². The Labute approximate surface area is 103 Å². The number of nitrogens with zero attached hydrogens (tertiary/aromatic N) is 2. The number of hydrogen-bond acceptors (Lipinski definition) is 5. The molecular weight excluding hydrogens is 244 g/mol. The molecule has 94 valence electrons. The second-order valence-electron chi connectivity index (χ2n) is 3.73. The molecular formula is C10H14N2O4S. The second kappa shape index (κ2) is 5.74. The minimum atomic E-state index is -0.875. The summed E-state index contributed by atoms with van der Waals surface area (Å²) in [5.41, 5.74) is 0.768. The molecule has 7 heteroatoms. The van der Waals surface area contributed by atoms with Crippen LogP contribution < -0.4 is 0 Å². The fourth-order valence-corrected chi connectivity index (χ4v) is 2.33. The maximum atomic E-state index is 10.9. The van der Waals surface area contributed by atoms with E-state index in [1.54, 1.807) is 24.3 Å². The number of carbonyl (C=O) groups is 1. The Kier molecular flexibility index (Phi) is 4.59. The SMILES string of the molecule is CCC(C(=O)O)N(C)Cc1csc([N+](=O)[O-])c1. The number of rotatable bonds is 6. The number of nitro groups is 1. The van der Waals surface area contributed by atoms with E-state index in [0.717, 1.165) is 16.9 Å². The van der Waals surface area contributed by atoms with Crippen LogP contribution in [-0.4, -0.2) is 34.0 Å². The minimum Gasteiger partial charge on any atom is -0.480 e. The van der Waals surface area contributed by atoms with Gasteiger partial charge >= 0.3 is 11.0 Å². The molecule has 1 N–H and O–H groups in total. The molecule has 6 nitrogen and oxygen atoms in total. The van der Waals surface area contributed by atoms with Gasteiger partial charge in [-0.25, -0.2) is 0 Å². The summed E-state index contributed by atoms with van der Waals surface area (Å²) in [7, 11) is 1.70. The number of carboxylic acid groups (broad SMARTS) is 1. The maximum absolute atomic E-state index is 10.9. The third-order valence-electron chi connectivity index (χ3n) is 2.46. The lowest BCUT2D eigenvalue weighted by Crippen LogP contribution is -2.37. The van der Waals surface area contributed by atoms with Gasteiger partial charge in [-0.05, 0) is 19.0 Å². The first-order chi connectivity index (χ1) is 7.95. The van der Waals surface area contributed by atoms with Crippen molar-refractivity contribution in [3.63, 3.8) is 0 Å². The van der Waals surface area contributed by atoms with Gasteiger partial charge in [0.05, 0.1) is 4.92 Å². The van der Waals surface area contributed by atoms with Gasteiger partial charge in [0, 0.05) is 18.0 Å². The summed E-state index contributed by atoms with van der Waals surface area (Å²) in [6.07, 6.45) is 0.498. The molecule has 0 bridgehead atoms. The first-order valence-corrected chi connectivity index (χ1v) is 5.98. The molecule has 17 heavy (non-hydrogen) atoms. The number of hydrogen-bond donors (Lipinski definition) is 1. The smallest absolute Gasteiger partial charge is 0.324 e. The Morgan fingerprint density at radius 2 is 2.35 bits per heavy atom. The summed E-state index contributed by atoms with van der Waals surface area (Å²) >= 11 is 1.05.